The Hall–Kier alpha value is -2.68. The fourth-order valence-electron chi connectivity index (χ4n) is 2.83. The molecule has 0 saturated carbocycles. The fraction of sp³-hybridized carbons (Fsp3) is 0.222. The normalized spacial score (nSPS) is 13.8. The minimum absolute atomic E-state index is 0.274. The molecule has 26 heavy (non-hydrogen) atoms. The number of aromatic amines is 1. The van der Waals surface area contributed by atoms with Gasteiger partial charge in [0.05, 0.1) is 17.3 Å². The molecule has 0 bridgehead atoms. The maximum absolute atomic E-state index is 6.32. The summed E-state index contributed by atoms with van der Waals surface area (Å²) in [6.45, 7) is 1.97. The van der Waals surface area contributed by atoms with E-state index in [0.29, 0.717) is 6.42 Å². The van der Waals surface area contributed by atoms with Crippen LogP contribution in [0.2, 0.25) is 0 Å². The van der Waals surface area contributed by atoms with E-state index >= 15 is 0 Å². The maximum Gasteiger partial charge on any atom is 0.147 e. The van der Waals surface area contributed by atoms with Crippen LogP contribution in [0.4, 0.5) is 0 Å². The van der Waals surface area contributed by atoms with Crippen LogP contribution in [0, 0.1) is 6.92 Å². The van der Waals surface area contributed by atoms with E-state index in [4.69, 9.17) is 11.5 Å². The average Bonchev–Trinajstić information content (AvgIpc) is 3.29. The van der Waals surface area contributed by atoms with Crippen molar-refractivity contribution in [1.29, 1.82) is 0 Å². The number of benzene rings is 1. The number of hydrogen-bond acceptors (Lipinski definition) is 7. The van der Waals surface area contributed by atoms with Gasteiger partial charge in [0.1, 0.15) is 10.0 Å². The standard InChI is InChI=1S/C18H19N7S/c1-10-13-8-11(5-6-15(13)23-22-10)17-24-25-18(26-17)16(20)14(19)9-12-4-2-3-7-21-12/h2-8,14,16H,9,19-20H2,1H3,(H,22,23). The van der Waals surface area contributed by atoms with Gasteiger partial charge < -0.3 is 11.5 Å². The van der Waals surface area contributed by atoms with Gasteiger partial charge in [0, 0.05) is 35.3 Å². The number of nitrogens with two attached hydrogens (primary N) is 2. The number of rotatable bonds is 5. The molecule has 2 unspecified atom stereocenters. The number of H-pyrrole nitrogens is 1. The van der Waals surface area contributed by atoms with Gasteiger partial charge in [0.2, 0.25) is 0 Å². The van der Waals surface area contributed by atoms with Crippen molar-refractivity contribution in [2.75, 3.05) is 0 Å². The van der Waals surface area contributed by atoms with Gasteiger partial charge in [0.15, 0.2) is 0 Å². The Morgan fingerprint density at radius 2 is 2.04 bits per heavy atom. The lowest BCUT2D eigenvalue weighted by molar-refractivity contribution is 0.533. The topological polar surface area (TPSA) is 119 Å². The minimum Gasteiger partial charge on any atom is -0.326 e. The summed E-state index contributed by atoms with van der Waals surface area (Å²) in [5.41, 5.74) is 16.5. The van der Waals surface area contributed by atoms with Crippen molar-refractivity contribution >= 4 is 22.2 Å². The molecule has 0 fully saturated rings. The van der Waals surface area contributed by atoms with E-state index in [1.807, 2.05) is 37.3 Å². The molecule has 2 atom stereocenters. The van der Waals surface area contributed by atoms with E-state index in [1.165, 1.54) is 11.3 Å². The first-order valence-corrected chi connectivity index (χ1v) is 9.13. The Balaban J connectivity index is 1.55. The first-order valence-electron chi connectivity index (χ1n) is 8.31. The van der Waals surface area contributed by atoms with Crippen LogP contribution in [-0.4, -0.2) is 31.4 Å². The summed E-state index contributed by atoms with van der Waals surface area (Å²) >= 11 is 1.47. The highest BCUT2D eigenvalue weighted by Gasteiger charge is 2.21. The van der Waals surface area contributed by atoms with Gasteiger partial charge in [-0.05, 0) is 37.3 Å². The van der Waals surface area contributed by atoms with E-state index in [-0.39, 0.29) is 12.1 Å². The number of aromatic nitrogens is 5. The molecule has 0 saturated heterocycles. The quantitative estimate of drug-likeness (QED) is 0.499. The number of pyridine rings is 1. The monoisotopic (exact) mass is 365 g/mol. The summed E-state index contributed by atoms with van der Waals surface area (Å²) in [6.07, 6.45) is 2.35. The zero-order valence-electron chi connectivity index (χ0n) is 14.3. The van der Waals surface area contributed by atoms with E-state index in [2.05, 4.69) is 31.4 Å². The maximum atomic E-state index is 6.32. The largest absolute Gasteiger partial charge is 0.326 e. The van der Waals surface area contributed by atoms with Gasteiger partial charge >= 0.3 is 0 Å². The van der Waals surface area contributed by atoms with Crippen molar-refractivity contribution in [1.82, 2.24) is 25.4 Å². The summed E-state index contributed by atoms with van der Waals surface area (Å²) in [6, 6.07) is 11.2. The second kappa shape index (κ2) is 6.91. The van der Waals surface area contributed by atoms with E-state index < -0.39 is 0 Å². The number of fused-ring (bicyclic) bond motifs is 1. The van der Waals surface area contributed by atoms with E-state index in [9.17, 15) is 0 Å². The van der Waals surface area contributed by atoms with Crippen molar-refractivity contribution in [2.24, 2.45) is 11.5 Å². The molecule has 0 aliphatic heterocycles. The fourth-order valence-corrected chi connectivity index (χ4v) is 3.75. The number of hydrogen-bond donors (Lipinski definition) is 3. The average molecular weight is 365 g/mol. The molecule has 0 radical (unpaired) electrons. The smallest absolute Gasteiger partial charge is 0.147 e. The summed E-state index contributed by atoms with van der Waals surface area (Å²) in [4.78, 5) is 4.30. The molecule has 0 amide bonds. The SMILES string of the molecule is Cc1n[nH]c2ccc(-c3nnc(C(N)C(N)Cc4ccccn4)s3)cc12. The Kier molecular flexibility index (Phi) is 4.46. The zero-order valence-corrected chi connectivity index (χ0v) is 15.1. The zero-order chi connectivity index (χ0) is 18.1. The Morgan fingerprint density at radius 1 is 1.15 bits per heavy atom. The first-order chi connectivity index (χ1) is 12.6. The van der Waals surface area contributed by atoms with Crippen molar-refractivity contribution in [2.45, 2.75) is 25.4 Å². The second-order valence-electron chi connectivity index (χ2n) is 6.23. The Morgan fingerprint density at radius 3 is 2.85 bits per heavy atom. The highest BCUT2D eigenvalue weighted by molar-refractivity contribution is 7.14. The van der Waals surface area contributed by atoms with Crippen LogP contribution in [0.5, 0.6) is 0 Å². The third kappa shape index (κ3) is 3.22. The lowest BCUT2D eigenvalue weighted by Crippen LogP contribution is -2.36. The third-order valence-corrected chi connectivity index (χ3v) is 5.43. The van der Waals surface area contributed by atoms with Crippen LogP contribution in [0.15, 0.2) is 42.6 Å². The van der Waals surface area contributed by atoms with Crippen molar-refractivity contribution in [3.63, 3.8) is 0 Å². The van der Waals surface area contributed by atoms with Crippen LogP contribution in [0.1, 0.15) is 22.4 Å². The molecule has 132 valence electrons. The molecular formula is C18H19N7S. The summed E-state index contributed by atoms with van der Waals surface area (Å²) < 4.78 is 0. The molecule has 1 aromatic carbocycles. The molecule has 5 N–H and O–H groups in total. The van der Waals surface area contributed by atoms with Gasteiger partial charge in [0.25, 0.3) is 0 Å². The van der Waals surface area contributed by atoms with Crippen molar-refractivity contribution in [3.05, 3.63) is 59.0 Å². The highest BCUT2D eigenvalue weighted by Crippen LogP contribution is 2.30. The Bertz CT molecular complexity index is 1020. The van der Waals surface area contributed by atoms with Crippen molar-refractivity contribution in [3.8, 4) is 10.6 Å². The number of nitrogens with one attached hydrogen (secondary N) is 1. The second-order valence-corrected chi connectivity index (χ2v) is 7.24. The molecular weight excluding hydrogens is 346 g/mol. The molecule has 3 aromatic heterocycles. The minimum atomic E-state index is -0.386. The molecule has 3 heterocycles. The number of nitrogens with zero attached hydrogens (tertiary/aromatic N) is 4. The molecule has 4 rings (SSSR count). The lowest BCUT2D eigenvalue weighted by Gasteiger charge is -2.16. The number of aryl methyl sites for hydroxylation is 1. The molecule has 4 aromatic rings. The predicted molar refractivity (Wildman–Crippen MR) is 103 cm³/mol. The summed E-state index contributed by atoms with van der Waals surface area (Å²) in [5, 5.41) is 18.4. The first kappa shape index (κ1) is 16.8. The predicted octanol–water partition coefficient (Wildman–Crippen LogP) is 2.35. The van der Waals surface area contributed by atoms with Crippen LogP contribution in [-0.2, 0) is 6.42 Å². The lowest BCUT2D eigenvalue weighted by atomic mass is 10.0. The van der Waals surface area contributed by atoms with Crippen LogP contribution in [0.3, 0.4) is 0 Å². The van der Waals surface area contributed by atoms with Gasteiger partial charge in [-0.1, -0.05) is 17.4 Å². The van der Waals surface area contributed by atoms with Crippen LogP contribution < -0.4 is 11.5 Å². The van der Waals surface area contributed by atoms with Gasteiger partial charge in [-0.3, -0.25) is 10.1 Å². The van der Waals surface area contributed by atoms with Gasteiger partial charge in [-0.2, -0.15) is 5.10 Å². The highest BCUT2D eigenvalue weighted by atomic mass is 32.1. The van der Waals surface area contributed by atoms with Gasteiger partial charge in [-0.15, -0.1) is 10.2 Å². The molecule has 0 spiro atoms. The molecule has 0 aliphatic carbocycles. The van der Waals surface area contributed by atoms with Crippen molar-refractivity contribution < 1.29 is 0 Å². The molecule has 8 heteroatoms. The molecule has 0 aliphatic rings. The van der Waals surface area contributed by atoms with E-state index in [0.717, 1.165) is 37.9 Å². The summed E-state index contributed by atoms with van der Waals surface area (Å²) in [5.74, 6) is 0. The molecule has 7 nitrogen and oxygen atoms in total. The van der Waals surface area contributed by atoms with Gasteiger partial charge in [-0.25, -0.2) is 0 Å². The Labute approximate surface area is 154 Å². The summed E-state index contributed by atoms with van der Waals surface area (Å²) in [7, 11) is 0. The third-order valence-electron chi connectivity index (χ3n) is 4.36. The van der Waals surface area contributed by atoms with E-state index in [1.54, 1.807) is 6.20 Å². The van der Waals surface area contributed by atoms with Crippen LogP contribution >= 0.6 is 11.3 Å². The van der Waals surface area contributed by atoms with Crippen LogP contribution in [0.25, 0.3) is 21.5 Å².